The number of amides is 1. The van der Waals surface area contributed by atoms with Crippen molar-refractivity contribution in [3.05, 3.63) is 60.2 Å². The Hall–Kier alpha value is -2.00. The Kier molecular flexibility index (Phi) is 4.81. The molecule has 1 amide bonds. The maximum Gasteiger partial charge on any atom is 0.239 e. The molecule has 0 unspecified atom stereocenters. The molecule has 0 aromatic heterocycles. The lowest BCUT2D eigenvalue weighted by molar-refractivity contribution is -0.113. The van der Waals surface area contributed by atoms with E-state index in [1.54, 1.807) is 12.1 Å². The summed E-state index contributed by atoms with van der Waals surface area (Å²) in [7, 11) is 0. The van der Waals surface area contributed by atoms with Gasteiger partial charge in [-0.2, -0.15) is 0 Å². The summed E-state index contributed by atoms with van der Waals surface area (Å²) in [6.45, 7) is 0.494. The SMILES string of the molecule is O=C(CCl)Nc1cccc(OCc2ccccc2)c1. The topological polar surface area (TPSA) is 38.3 Å². The summed E-state index contributed by atoms with van der Waals surface area (Å²) in [5.74, 6) is 0.410. The zero-order valence-electron chi connectivity index (χ0n) is 10.3. The van der Waals surface area contributed by atoms with Crippen LogP contribution in [0.15, 0.2) is 54.6 Å². The van der Waals surface area contributed by atoms with Gasteiger partial charge < -0.3 is 10.1 Å². The van der Waals surface area contributed by atoms with Gasteiger partial charge in [-0.05, 0) is 17.7 Å². The number of ether oxygens (including phenoxy) is 1. The lowest BCUT2D eigenvalue weighted by Gasteiger charge is -2.08. The predicted octanol–water partition coefficient (Wildman–Crippen LogP) is 3.44. The normalized spacial score (nSPS) is 9.95. The minimum Gasteiger partial charge on any atom is -0.489 e. The van der Waals surface area contributed by atoms with Gasteiger partial charge in [0.05, 0.1) is 0 Å². The van der Waals surface area contributed by atoms with E-state index in [2.05, 4.69) is 5.32 Å². The molecule has 2 aromatic rings. The first-order valence-electron chi connectivity index (χ1n) is 5.90. The van der Waals surface area contributed by atoms with Gasteiger partial charge in [-0.25, -0.2) is 0 Å². The number of alkyl halides is 1. The van der Waals surface area contributed by atoms with Crippen LogP contribution in [0.25, 0.3) is 0 Å². The highest BCUT2D eigenvalue weighted by atomic mass is 35.5. The third kappa shape index (κ3) is 4.30. The van der Waals surface area contributed by atoms with Crippen molar-refractivity contribution in [1.82, 2.24) is 0 Å². The number of carbonyl (C=O) groups is 1. The summed E-state index contributed by atoms with van der Waals surface area (Å²) in [4.78, 5) is 11.2. The Labute approximate surface area is 117 Å². The maximum absolute atomic E-state index is 11.2. The summed E-state index contributed by atoms with van der Waals surface area (Å²) in [5, 5.41) is 2.68. The van der Waals surface area contributed by atoms with Gasteiger partial charge in [-0.3, -0.25) is 4.79 Å². The number of hydrogen-bond acceptors (Lipinski definition) is 2. The Bertz CT molecular complexity index is 543. The zero-order chi connectivity index (χ0) is 13.5. The van der Waals surface area contributed by atoms with Crippen LogP contribution in [0.3, 0.4) is 0 Å². The molecule has 3 nitrogen and oxygen atoms in total. The van der Waals surface area contributed by atoms with Gasteiger partial charge in [-0.15, -0.1) is 11.6 Å². The number of nitrogens with one attached hydrogen (secondary N) is 1. The average molecular weight is 276 g/mol. The number of hydrogen-bond donors (Lipinski definition) is 1. The predicted molar refractivity (Wildman–Crippen MR) is 76.6 cm³/mol. The maximum atomic E-state index is 11.2. The molecule has 0 aliphatic carbocycles. The number of anilines is 1. The molecule has 1 N–H and O–H groups in total. The van der Waals surface area contributed by atoms with Crippen LogP contribution in [-0.2, 0) is 11.4 Å². The standard InChI is InChI=1S/C15H14ClNO2/c16-10-15(18)17-13-7-4-8-14(9-13)19-11-12-5-2-1-3-6-12/h1-9H,10-11H2,(H,17,18). The molecule has 0 saturated carbocycles. The molecule has 0 heterocycles. The van der Waals surface area contributed by atoms with E-state index in [-0.39, 0.29) is 11.8 Å². The average Bonchev–Trinajstić information content (AvgIpc) is 2.46. The van der Waals surface area contributed by atoms with Crippen LogP contribution in [0, 0.1) is 0 Å². The number of halogens is 1. The Morgan fingerprint density at radius 3 is 2.63 bits per heavy atom. The zero-order valence-corrected chi connectivity index (χ0v) is 11.1. The molecular weight excluding hydrogens is 262 g/mol. The Morgan fingerprint density at radius 1 is 1.11 bits per heavy atom. The summed E-state index contributed by atoms with van der Waals surface area (Å²) in [6.07, 6.45) is 0. The fourth-order valence-corrected chi connectivity index (χ4v) is 1.67. The lowest BCUT2D eigenvalue weighted by atomic mass is 10.2. The molecule has 0 fully saturated rings. The summed E-state index contributed by atoms with van der Waals surface area (Å²) in [5.41, 5.74) is 1.77. The first kappa shape index (κ1) is 13.4. The van der Waals surface area contributed by atoms with Gasteiger partial charge in [0.2, 0.25) is 5.91 Å². The Morgan fingerprint density at radius 2 is 1.89 bits per heavy atom. The molecule has 4 heteroatoms. The molecular formula is C15H14ClNO2. The van der Waals surface area contributed by atoms with Crippen LogP contribution in [-0.4, -0.2) is 11.8 Å². The third-order valence-electron chi connectivity index (χ3n) is 2.49. The molecule has 0 saturated heterocycles. The van der Waals surface area contributed by atoms with Crippen LogP contribution < -0.4 is 10.1 Å². The van der Waals surface area contributed by atoms with Gasteiger partial charge in [0.25, 0.3) is 0 Å². The first-order chi connectivity index (χ1) is 9.28. The highest BCUT2D eigenvalue weighted by molar-refractivity contribution is 6.29. The van der Waals surface area contributed by atoms with Crippen molar-refractivity contribution in [2.75, 3.05) is 11.2 Å². The van der Waals surface area contributed by atoms with Gasteiger partial charge in [-0.1, -0.05) is 36.4 Å². The summed E-state index contributed by atoms with van der Waals surface area (Å²) < 4.78 is 5.66. The van der Waals surface area contributed by atoms with Crippen molar-refractivity contribution >= 4 is 23.2 Å². The molecule has 0 atom stereocenters. The lowest BCUT2D eigenvalue weighted by Crippen LogP contribution is -2.12. The second-order valence-electron chi connectivity index (χ2n) is 3.98. The third-order valence-corrected chi connectivity index (χ3v) is 2.73. The minimum absolute atomic E-state index is 0.0604. The van der Waals surface area contributed by atoms with Crippen LogP contribution >= 0.6 is 11.6 Å². The van der Waals surface area contributed by atoms with E-state index in [0.29, 0.717) is 18.0 Å². The second-order valence-corrected chi connectivity index (χ2v) is 4.25. The molecule has 0 bridgehead atoms. The summed E-state index contributed by atoms with van der Waals surface area (Å²) in [6, 6.07) is 17.1. The van der Waals surface area contributed by atoms with Crippen LogP contribution in [0.2, 0.25) is 0 Å². The largest absolute Gasteiger partial charge is 0.489 e. The van der Waals surface area contributed by atoms with E-state index < -0.39 is 0 Å². The number of benzene rings is 2. The number of carbonyl (C=O) groups excluding carboxylic acids is 1. The highest BCUT2D eigenvalue weighted by Crippen LogP contribution is 2.18. The molecule has 0 aliphatic heterocycles. The summed E-state index contributed by atoms with van der Waals surface area (Å²) >= 11 is 5.44. The highest BCUT2D eigenvalue weighted by Gasteiger charge is 2.01. The van der Waals surface area contributed by atoms with Gasteiger partial charge >= 0.3 is 0 Å². The van der Waals surface area contributed by atoms with E-state index in [4.69, 9.17) is 16.3 Å². The van der Waals surface area contributed by atoms with E-state index in [0.717, 1.165) is 5.56 Å². The molecule has 0 aliphatic rings. The van der Waals surface area contributed by atoms with E-state index in [9.17, 15) is 4.79 Å². The molecule has 2 aromatic carbocycles. The number of rotatable bonds is 5. The fraction of sp³-hybridized carbons (Fsp3) is 0.133. The van der Waals surface area contributed by atoms with E-state index in [1.165, 1.54) is 0 Å². The van der Waals surface area contributed by atoms with Crippen LogP contribution in [0.5, 0.6) is 5.75 Å². The minimum atomic E-state index is -0.234. The van der Waals surface area contributed by atoms with Crippen molar-refractivity contribution in [2.45, 2.75) is 6.61 Å². The molecule has 0 radical (unpaired) electrons. The molecule has 19 heavy (non-hydrogen) atoms. The monoisotopic (exact) mass is 275 g/mol. The molecule has 98 valence electrons. The van der Waals surface area contributed by atoms with Crippen LogP contribution in [0.4, 0.5) is 5.69 Å². The van der Waals surface area contributed by atoms with Crippen LogP contribution in [0.1, 0.15) is 5.56 Å². The van der Waals surface area contributed by atoms with Crippen molar-refractivity contribution in [3.63, 3.8) is 0 Å². The molecule has 2 rings (SSSR count). The Balaban J connectivity index is 1.97. The van der Waals surface area contributed by atoms with Crippen molar-refractivity contribution in [1.29, 1.82) is 0 Å². The van der Waals surface area contributed by atoms with Crippen molar-refractivity contribution in [2.24, 2.45) is 0 Å². The molecule has 0 spiro atoms. The van der Waals surface area contributed by atoms with E-state index in [1.807, 2.05) is 42.5 Å². The van der Waals surface area contributed by atoms with E-state index >= 15 is 0 Å². The quantitative estimate of drug-likeness (QED) is 0.849. The fourth-order valence-electron chi connectivity index (χ4n) is 1.60. The first-order valence-corrected chi connectivity index (χ1v) is 6.44. The van der Waals surface area contributed by atoms with Crippen molar-refractivity contribution < 1.29 is 9.53 Å². The second kappa shape index (κ2) is 6.81. The van der Waals surface area contributed by atoms with Gasteiger partial charge in [0.1, 0.15) is 18.2 Å². The smallest absolute Gasteiger partial charge is 0.239 e. The van der Waals surface area contributed by atoms with Gasteiger partial charge in [0, 0.05) is 11.8 Å². The van der Waals surface area contributed by atoms with Crippen molar-refractivity contribution in [3.8, 4) is 5.75 Å². The van der Waals surface area contributed by atoms with Gasteiger partial charge in [0.15, 0.2) is 0 Å².